The van der Waals surface area contributed by atoms with Crippen molar-refractivity contribution < 1.29 is 24.3 Å². The van der Waals surface area contributed by atoms with Crippen LogP contribution < -0.4 is 0 Å². The zero-order valence-electron chi connectivity index (χ0n) is 7.02. The predicted octanol–water partition coefficient (Wildman–Crippen LogP) is -1.03. The quantitative estimate of drug-likeness (QED) is 0.559. The standard InChI is InChI=1S/C7H9NO5/c1-4(9)7(12)13-8-5(10)2-3-6(8)11/h4,9H,2-3H2,1H3. The molecule has 1 saturated heterocycles. The molecule has 2 amide bonds. The summed E-state index contributed by atoms with van der Waals surface area (Å²) in [4.78, 5) is 36.9. The van der Waals surface area contributed by atoms with Crippen LogP contribution in [0.4, 0.5) is 0 Å². The maximum absolute atomic E-state index is 10.9. The first-order valence-corrected chi connectivity index (χ1v) is 3.78. The Morgan fingerprint density at radius 2 is 1.92 bits per heavy atom. The van der Waals surface area contributed by atoms with E-state index in [1.165, 1.54) is 6.92 Å². The molecular weight excluding hydrogens is 178 g/mol. The highest BCUT2D eigenvalue weighted by Gasteiger charge is 2.33. The van der Waals surface area contributed by atoms with Crippen LogP contribution in [-0.2, 0) is 19.2 Å². The van der Waals surface area contributed by atoms with Gasteiger partial charge in [0.05, 0.1) is 0 Å². The van der Waals surface area contributed by atoms with Gasteiger partial charge in [0, 0.05) is 12.8 Å². The smallest absolute Gasteiger partial charge is 0.361 e. The molecule has 1 aliphatic rings. The highest BCUT2D eigenvalue weighted by molar-refractivity contribution is 6.01. The molecule has 0 aromatic heterocycles. The van der Waals surface area contributed by atoms with Crippen LogP contribution >= 0.6 is 0 Å². The first-order valence-electron chi connectivity index (χ1n) is 3.78. The molecule has 13 heavy (non-hydrogen) atoms. The topological polar surface area (TPSA) is 83.9 Å². The highest BCUT2D eigenvalue weighted by atomic mass is 16.7. The third-order valence-corrected chi connectivity index (χ3v) is 1.53. The molecule has 1 rings (SSSR count). The molecule has 0 aromatic carbocycles. The lowest BCUT2D eigenvalue weighted by molar-refractivity contribution is -0.202. The van der Waals surface area contributed by atoms with E-state index in [-0.39, 0.29) is 12.8 Å². The minimum atomic E-state index is -1.35. The molecule has 1 N–H and O–H groups in total. The van der Waals surface area contributed by atoms with Gasteiger partial charge in [0.25, 0.3) is 11.8 Å². The fraction of sp³-hybridized carbons (Fsp3) is 0.571. The summed E-state index contributed by atoms with van der Waals surface area (Å²) in [7, 11) is 0. The molecule has 0 radical (unpaired) electrons. The fourth-order valence-electron chi connectivity index (χ4n) is 0.824. The van der Waals surface area contributed by atoms with Crippen molar-refractivity contribution in [2.45, 2.75) is 25.9 Å². The van der Waals surface area contributed by atoms with Gasteiger partial charge in [-0.25, -0.2) is 4.79 Å². The second kappa shape index (κ2) is 3.53. The Labute approximate surface area is 74.0 Å². The Balaban J connectivity index is 2.58. The van der Waals surface area contributed by atoms with Crippen molar-refractivity contribution in [1.82, 2.24) is 5.06 Å². The third-order valence-electron chi connectivity index (χ3n) is 1.53. The van der Waals surface area contributed by atoms with E-state index in [1.54, 1.807) is 0 Å². The number of aliphatic hydroxyl groups is 1. The van der Waals surface area contributed by atoms with E-state index in [9.17, 15) is 14.4 Å². The molecule has 1 unspecified atom stereocenters. The number of aliphatic hydroxyl groups excluding tert-OH is 1. The number of hydrogen-bond acceptors (Lipinski definition) is 5. The van der Waals surface area contributed by atoms with Crippen molar-refractivity contribution in [2.24, 2.45) is 0 Å². The average Bonchev–Trinajstić information content (AvgIpc) is 2.35. The van der Waals surface area contributed by atoms with E-state index in [4.69, 9.17) is 5.11 Å². The summed E-state index contributed by atoms with van der Waals surface area (Å²) in [5.74, 6) is -2.12. The summed E-state index contributed by atoms with van der Waals surface area (Å²) < 4.78 is 0. The van der Waals surface area contributed by atoms with Gasteiger partial charge in [-0.3, -0.25) is 9.59 Å². The van der Waals surface area contributed by atoms with Crippen LogP contribution in [0.5, 0.6) is 0 Å². The molecule has 1 heterocycles. The van der Waals surface area contributed by atoms with Gasteiger partial charge in [0.2, 0.25) is 0 Å². The van der Waals surface area contributed by atoms with Gasteiger partial charge in [-0.1, -0.05) is 0 Å². The number of carbonyl (C=O) groups excluding carboxylic acids is 3. The number of imide groups is 1. The molecule has 6 heteroatoms. The van der Waals surface area contributed by atoms with Crippen LogP contribution in [0.3, 0.4) is 0 Å². The minimum Gasteiger partial charge on any atom is -0.382 e. The summed E-state index contributed by atoms with van der Waals surface area (Å²) >= 11 is 0. The number of rotatable bonds is 2. The molecule has 1 aliphatic heterocycles. The lowest BCUT2D eigenvalue weighted by Crippen LogP contribution is -2.35. The van der Waals surface area contributed by atoms with Crippen molar-refractivity contribution in [2.75, 3.05) is 0 Å². The van der Waals surface area contributed by atoms with Crippen LogP contribution in [0.25, 0.3) is 0 Å². The van der Waals surface area contributed by atoms with E-state index >= 15 is 0 Å². The third kappa shape index (κ3) is 2.03. The number of hydroxylamine groups is 2. The molecule has 6 nitrogen and oxygen atoms in total. The fourth-order valence-corrected chi connectivity index (χ4v) is 0.824. The predicted molar refractivity (Wildman–Crippen MR) is 38.9 cm³/mol. The van der Waals surface area contributed by atoms with Crippen LogP contribution in [0.1, 0.15) is 19.8 Å². The van der Waals surface area contributed by atoms with Crippen molar-refractivity contribution >= 4 is 17.8 Å². The first-order chi connectivity index (χ1) is 6.02. The molecule has 1 fully saturated rings. The number of carbonyl (C=O) groups is 3. The summed E-state index contributed by atoms with van der Waals surface area (Å²) in [6.45, 7) is 1.19. The normalized spacial score (nSPS) is 19.1. The van der Waals surface area contributed by atoms with Crippen molar-refractivity contribution in [3.8, 4) is 0 Å². The zero-order valence-corrected chi connectivity index (χ0v) is 7.02. The van der Waals surface area contributed by atoms with Crippen LogP contribution in [0, 0.1) is 0 Å². The highest BCUT2D eigenvalue weighted by Crippen LogP contribution is 2.12. The zero-order chi connectivity index (χ0) is 10.0. The molecule has 0 saturated carbocycles. The lowest BCUT2D eigenvalue weighted by atomic mass is 10.4. The lowest BCUT2D eigenvalue weighted by Gasteiger charge is -2.13. The van der Waals surface area contributed by atoms with Gasteiger partial charge in [0.1, 0.15) is 0 Å². The van der Waals surface area contributed by atoms with E-state index in [0.717, 1.165) is 0 Å². The second-order valence-electron chi connectivity index (χ2n) is 2.67. The Bertz CT molecular complexity index is 244. The largest absolute Gasteiger partial charge is 0.382 e. The first kappa shape index (κ1) is 9.66. The monoisotopic (exact) mass is 187 g/mol. The average molecular weight is 187 g/mol. The minimum absolute atomic E-state index is 0.0475. The van der Waals surface area contributed by atoms with E-state index in [2.05, 4.69) is 4.84 Å². The maximum atomic E-state index is 10.9. The van der Waals surface area contributed by atoms with E-state index < -0.39 is 23.9 Å². The van der Waals surface area contributed by atoms with Crippen molar-refractivity contribution in [1.29, 1.82) is 0 Å². The van der Waals surface area contributed by atoms with E-state index in [1.807, 2.05) is 0 Å². The number of nitrogens with zero attached hydrogens (tertiary/aromatic N) is 1. The summed E-state index contributed by atoms with van der Waals surface area (Å²) in [5.41, 5.74) is 0. The van der Waals surface area contributed by atoms with Gasteiger partial charge in [-0.05, 0) is 6.92 Å². The Kier molecular flexibility index (Phi) is 2.62. The van der Waals surface area contributed by atoms with Crippen LogP contribution in [0.2, 0.25) is 0 Å². The Morgan fingerprint density at radius 3 is 2.31 bits per heavy atom. The molecule has 0 aliphatic carbocycles. The molecule has 0 spiro atoms. The molecule has 72 valence electrons. The van der Waals surface area contributed by atoms with Gasteiger partial charge in [0.15, 0.2) is 6.10 Å². The van der Waals surface area contributed by atoms with Crippen molar-refractivity contribution in [3.05, 3.63) is 0 Å². The van der Waals surface area contributed by atoms with E-state index in [0.29, 0.717) is 5.06 Å². The number of amides is 2. The molecular formula is C7H9NO5. The van der Waals surface area contributed by atoms with Gasteiger partial charge >= 0.3 is 5.97 Å². The van der Waals surface area contributed by atoms with Gasteiger partial charge < -0.3 is 9.94 Å². The van der Waals surface area contributed by atoms with Gasteiger partial charge in [-0.2, -0.15) is 0 Å². The van der Waals surface area contributed by atoms with Crippen LogP contribution in [0.15, 0.2) is 0 Å². The maximum Gasteiger partial charge on any atom is 0.361 e. The van der Waals surface area contributed by atoms with Gasteiger partial charge in [-0.15, -0.1) is 5.06 Å². The summed E-state index contributed by atoms with van der Waals surface area (Å²) in [6, 6.07) is 0. The molecule has 1 atom stereocenters. The second-order valence-corrected chi connectivity index (χ2v) is 2.67. The summed E-state index contributed by atoms with van der Waals surface area (Å²) in [6.07, 6.45) is -1.25. The Hall–Kier alpha value is -1.43. The van der Waals surface area contributed by atoms with Crippen molar-refractivity contribution in [3.63, 3.8) is 0 Å². The summed E-state index contributed by atoms with van der Waals surface area (Å²) in [5, 5.41) is 9.13. The SMILES string of the molecule is CC(O)C(=O)ON1C(=O)CCC1=O. The molecule has 0 aromatic rings. The number of hydrogen-bond donors (Lipinski definition) is 1. The van der Waals surface area contributed by atoms with Crippen LogP contribution in [-0.4, -0.2) is 34.1 Å². The molecule has 0 bridgehead atoms. The Morgan fingerprint density at radius 1 is 1.46 bits per heavy atom.